The predicted molar refractivity (Wildman–Crippen MR) is 90.2 cm³/mol. The lowest BCUT2D eigenvalue weighted by Gasteiger charge is -2.19. The van der Waals surface area contributed by atoms with Gasteiger partial charge >= 0.3 is 14.1 Å². The maximum Gasteiger partial charge on any atom is 0.399 e. The highest BCUT2D eigenvalue weighted by Crippen LogP contribution is 2.19. The van der Waals surface area contributed by atoms with Crippen LogP contribution in [0.2, 0.25) is 0 Å². The minimum atomic E-state index is -3.93. The molecule has 0 N–H and O–H groups in total. The molecule has 0 bridgehead atoms. The lowest BCUT2D eigenvalue weighted by molar-refractivity contribution is 0.387. The highest BCUT2D eigenvalue weighted by Gasteiger charge is 2.37. The van der Waals surface area contributed by atoms with E-state index < -0.39 is 79.7 Å². The summed E-state index contributed by atoms with van der Waals surface area (Å²) in [7, 11) is 0.969. The van der Waals surface area contributed by atoms with E-state index in [0.29, 0.717) is 24.3 Å². The molecule has 0 spiro atoms. The number of benzene rings is 3. The minimum Gasteiger partial charge on any atom is -0.495 e. The molecule has 0 aliphatic rings. The first-order chi connectivity index (χ1) is 13.6. The van der Waals surface area contributed by atoms with Crippen LogP contribution in [0.3, 0.4) is 0 Å². The molecule has 29 heavy (non-hydrogen) atoms. The third-order valence-electron chi connectivity index (χ3n) is 4.22. The molecule has 3 aromatic carbocycles. The molecular weight excluding hydrogens is 423 g/mol. The van der Waals surface area contributed by atoms with Crippen molar-refractivity contribution in [3.05, 3.63) is 82.9 Å². The van der Waals surface area contributed by atoms with E-state index in [1.54, 1.807) is 0 Å². The van der Waals surface area contributed by atoms with Crippen LogP contribution in [-0.4, -0.2) is 21.3 Å². The number of methoxy groups -OCH3 is 1. The predicted octanol–water partition coefficient (Wildman–Crippen LogP) is 3.32. The molecule has 0 saturated heterocycles. The van der Waals surface area contributed by atoms with E-state index >= 15 is 0 Å². The Morgan fingerprint density at radius 2 is 0.931 bits per heavy atom. The van der Waals surface area contributed by atoms with Gasteiger partial charge in [-0.25, -0.2) is 35.1 Å². The molecule has 3 rings (SSSR count). The monoisotopic (exact) mass is 432 g/mol. The second-order valence-electron chi connectivity index (χ2n) is 6.02. The van der Waals surface area contributed by atoms with E-state index in [-0.39, 0.29) is 12.1 Å². The lowest BCUT2D eigenvalue weighted by atomic mass is 10.3. The molecule has 3 aromatic rings. The molecule has 0 aliphatic heterocycles. The Labute approximate surface area is 163 Å². The van der Waals surface area contributed by atoms with Crippen molar-refractivity contribution in [2.45, 2.75) is 0 Å². The van der Waals surface area contributed by atoms with Crippen molar-refractivity contribution in [1.82, 2.24) is 0 Å². The molecule has 0 radical (unpaired) electrons. The standard InChI is InChI=1S/C7H5F2O.2C6H2F3.Al/c1-10-7-3-2-5(8)4-6(7)9;2*7-4-1-2-5(8)6(9)3-4;/h2,4H,1H3;2*1,3H;. The zero-order valence-electron chi connectivity index (χ0n) is 14.5. The van der Waals surface area contributed by atoms with Crippen molar-refractivity contribution in [2.75, 3.05) is 7.11 Å². The van der Waals surface area contributed by atoms with Gasteiger partial charge in [-0.15, -0.1) is 0 Å². The van der Waals surface area contributed by atoms with Gasteiger partial charge in [0.1, 0.15) is 34.8 Å². The molecule has 0 atom stereocenters. The van der Waals surface area contributed by atoms with Gasteiger partial charge in [-0.3, -0.25) is 0 Å². The molecular formula is C19H9AlF8O. The van der Waals surface area contributed by atoms with Crippen LogP contribution in [0.1, 0.15) is 0 Å². The van der Waals surface area contributed by atoms with Crippen LogP contribution in [0, 0.1) is 46.5 Å². The Bertz CT molecular complexity index is 1040. The van der Waals surface area contributed by atoms with E-state index in [4.69, 9.17) is 4.74 Å². The fourth-order valence-electron chi connectivity index (χ4n) is 3.08. The molecule has 0 aliphatic carbocycles. The van der Waals surface area contributed by atoms with E-state index in [1.807, 2.05) is 0 Å². The fourth-order valence-corrected chi connectivity index (χ4v) is 6.37. The zero-order chi connectivity index (χ0) is 21.5. The normalized spacial score (nSPS) is 10.9. The Balaban J connectivity index is 2.46. The number of hydrogen-bond acceptors (Lipinski definition) is 1. The smallest absolute Gasteiger partial charge is 0.399 e. The zero-order valence-corrected chi connectivity index (χ0v) is 15.6. The molecule has 0 heterocycles. The van der Waals surface area contributed by atoms with Gasteiger partial charge in [0.05, 0.1) is 7.11 Å². The maximum absolute atomic E-state index is 14.5. The van der Waals surface area contributed by atoms with Gasteiger partial charge < -0.3 is 4.74 Å². The van der Waals surface area contributed by atoms with E-state index in [2.05, 4.69) is 0 Å². The van der Waals surface area contributed by atoms with Crippen LogP contribution < -0.4 is 18.0 Å². The topological polar surface area (TPSA) is 9.23 Å². The Hall–Kier alpha value is -2.57. The second-order valence-corrected chi connectivity index (χ2v) is 8.76. The molecule has 0 unspecified atom stereocenters. The Morgan fingerprint density at radius 3 is 1.34 bits per heavy atom. The van der Waals surface area contributed by atoms with Crippen LogP contribution in [0.15, 0.2) is 36.4 Å². The van der Waals surface area contributed by atoms with Gasteiger partial charge in [0.2, 0.25) is 0 Å². The first kappa shape index (κ1) is 21.1. The molecule has 0 aromatic heterocycles. The molecule has 10 heteroatoms. The average molecular weight is 432 g/mol. The molecule has 150 valence electrons. The summed E-state index contributed by atoms with van der Waals surface area (Å²) in [5.74, 6) is -12.3. The van der Waals surface area contributed by atoms with E-state index in [9.17, 15) is 35.1 Å². The molecule has 0 amide bonds. The second kappa shape index (κ2) is 8.05. The van der Waals surface area contributed by atoms with Gasteiger partial charge in [-0.2, -0.15) is 0 Å². The van der Waals surface area contributed by atoms with Crippen molar-refractivity contribution in [1.29, 1.82) is 0 Å². The van der Waals surface area contributed by atoms with E-state index in [1.165, 1.54) is 0 Å². The quantitative estimate of drug-likeness (QED) is 0.349. The first-order valence-electron chi connectivity index (χ1n) is 7.95. The third kappa shape index (κ3) is 3.95. The van der Waals surface area contributed by atoms with Crippen LogP contribution >= 0.6 is 0 Å². The number of halogens is 8. The summed E-state index contributed by atoms with van der Waals surface area (Å²) < 4.78 is 115. The van der Waals surface area contributed by atoms with E-state index in [0.717, 1.165) is 7.11 Å². The van der Waals surface area contributed by atoms with Crippen LogP contribution in [0.5, 0.6) is 5.75 Å². The summed E-state index contributed by atoms with van der Waals surface area (Å²) >= 11 is -3.93. The van der Waals surface area contributed by atoms with Gasteiger partial charge in [0.25, 0.3) is 0 Å². The lowest BCUT2D eigenvalue weighted by Crippen LogP contribution is -2.55. The van der Waals surface area contributed by atoms with Crippen LogP contribution in [0.25, 0.3) is 0 Å². The fraction of sp³-hybridized carbons (Fsp3) is 0.0526. The third-order valence-corrected chi connectivity index (χ3v) is 7.35. The largest absolute Gasteiger partial charge is 0.495 e. The number of ether oxygens (including phenoxy) is 1. The Kier molecular flexibility index (Phi) is 5.87. The van der Waals surface area contributed by atoms with Crippen LogP contribution in [0.4, 0.5) is 35.1 Å². The summed E-state index contributed by atoms with van der Waals surface area (Å²) in [4.78, 5) is 0. The first-order valence-corrected chi connectivity index (χ1v) is 9.69. The summed E-state index contributed by atoms with van der Waals surface area (Å²) in [5, 5.41) is 0. The summed E-state index contributed by atoms with van der Waals surface area (Å²) in [6, 6.07) is 2.44. The SMILES string of the molecule is COc1c(F)cc(F)c[c]1[Al]([c]1cc(F)cc(F)c1F)[c]1cc(F)cc(F)c1F. The van der Waals surface area contributed by atoms with Gasteiger partial charge in [0.15, 0.2) is 17.5 Å². The van der Waals surface area contributed by atoms with Crippen molar-refractivity contribution in [3.8, 4) is 5.75 Å². The van der Waals surface area contributed by atoms with Crippen molar-refractivity contribution in [2.24, 2.45) is 0 Å². The Morgan fingerprint density at radius 1 is 0.552 bits per heavy atom. The number of rotatable bonds is 4. The average Bonchev–Trinajstić information content (AvgIpc) is 2.62. The summed E-state index contributed by atoms with van der Waals surface area (Å²) in [6.07, 6.45) is 0. The van der Waals surface area contributed by atoms with Crippen molar-refractivity contribution in [3.63, 3.8) is 0 Å². The molecule has 0 fully saturated rings. The van der Waals surface area contributed by atoms with Gasteiger partial charge in [-0.05, 0) is 18.2 Å². The number of hydrogen-bond donors (Lipinski definition) is 0. The minimum absolute atomic E-state index is 0.205. The molecule has 1 nitrogen and oxygen atoms in total. The van der Waals surface area contributed by atoms with Gasteiger partial charge in [-0.1, -0.05) is 13.3 Å². The highest BCUT2D eigenvalue weighted by atomic mass is 27.2. The highest BCUT2D eigenvalue weighted by molar-refractivity contribution is 6.96. The van der Waals surface area contributed by atoms with Crippen molar-refractivity contribution < 1.29 is 39.9 Å². The summed E-state index contributed by atoms with van der Waals surface area (Å²) in [5.41, 5.74) is 0. The maximum atomic E-state index is 14.5. The summed E-state index contributed by atoms with van der Waals surface area (Å²) in [6.45, 7) is 0. The molecule has 0 saturated carbocycles. The van der Waals surface area contributed by atoms with Crippen LogP contribution in [-0.2, 0) is 0 Å². The van der Waals surface area contributed by atoms with Gasteiger partial charge in [0, 0.05) is 18.2 Å². The van der Waals surface area contributed by atoms with Crippen molar-refractivity contribution >= 4 is 27.4 Å².